The zero-order valence-corrected chi connectivity index (χ0v) is 18.2. The summed E-state index contributed by atoms with van der Waals surface area (Å²) in [4.78, 5) is 16.6. The minimum Gasteiger partial charge on any atom is -0.444 e. The van der Waals surface area contributed by atoms with Gasteiger partial charge in [-0.3, -0.25) is 0 Å². The number of rotatable bonds is 2. The topological polar surface area (TPSA) is 59.3 Å². The maximum absolute atomic E-state index is 12.3. The Kier molecular flexibility index (Phi) is 4.88. The molecule has 0 radical (unpaired) electrons. The smallest absolute Gasteiger partial charge is 0.410 e. The number of ether oxygens (including phenoxy) is 2. The lowest BCUT2D eigenvalue weighted by molar-refractivity contribution is 0.0205. The summed E-state index contributed by atoms with van der Waals surface area (Å²) in [6, 6.07) is 4.45. The lowest BCUT2D eigenvalue weighted by atomic mass is 9.90. The normalized spacial score (nSPS) is 25.2. The molecular formula is C23H32N4O3. The number of likely N-dealkylation sites (tertiary alicyclic amines) is 1. The van der Waals surface area contributed by atoms with E-state index in [-0.39, 0.29) is 6.09 Å². The van der Waals surface area contributed by atoms with Crippen LogP contribution in [0.5, 0.6) is 0 Å². The number of piperidine rings is 1. The number of aromatic nitrogens is 2. The summed E-state index contributed by atoms with van der Waals surface area (Å²) in [5.41, 5.74) is 3.26. The molecule has 0 aromatic carbocycles. The molecule has 0 spiro atoms. The first kappa shape index (κ1) is 19.7. The summed E-state index contributed by atoms with van der Waals surface area (Å²) >= 11 is 0. The van der Waals surface area contributed by atoms with Crippen molar-refractivity contribution >= 4 is 17.3 Å². The van der Waals surface area contributed by atoms with Gasteiger partial charge in [-0.15, -0.1) is 0 Å². The van der Waals surface area contributed by atoms with Crippen LogP contribution < -0.4 is 4.90 Å². The van der Waals surface area contributed by atoms with Crippen LogP contribution in [-0.2, 0) is 9.47 Å². The van der Waals surface area contributed by atoms with Crippen LogP contribution in [0, 0.1) is 11.8 Å². The van der Waals surface area contributed by atoms with Gasteiger partial charge in [0.25, 0.3) is 0 Å². The van der Waals surface area contributed by atoms with Crippen molar-refractivity contribution in [2.75, 3.05) is 44.3 Å². The summed E-state index contributed by atoms with van der Waals surface area (Å²) in [5, 5.41) is 4.66. The van der Waals surface area contributed by atoms with E-state index in [2.05, 4.69) is 28.3 Å². The highest BCUT2D eigenvalue weighted by Crippen LogP contribution is 2.35. The van der Waals surface area contributed by atoms with Gasteiger partial charge >= 0.3 is 6.09 Å². The molecule has 7 heteroatoms. The van der Waals surface area contributed by atoms with E-state index in [1.54, 1.807) is 0 Å². The molecule has 1 amide bonds. The van der Waals surface area contributed by atoms with E-state index in [1.807, 2.05) is 36.4 Å². The van der Waals surface area contributed by atoms with Gasteiger partial charge in [-0.25, -0.2) is 9.31 Å². The predicted octanol–water partition coefficient (Wildman–Crippen LogP) is 3.53. The van der Waals surface area contributed by atoms with Gasteiger partial charge in [-0.05, 0) is 51.7 Å². The van der Waals surface area contributed by atoms with E-state index in [0.717, 1.165) is 52.2 Å². The van der Waals surface area contributed by atoms with Crippen molar-refractivity contribution in [1.82, 2.24) is 14.5 Å². The largest absolute Gasteiger partial charge is 0.444 e. The van der Waals surface area contributed by atoms with Gasteiger partial charge in [0.1, 0.15) is 5.60 Å². The summed E-state index contributed by atoms with van der Waals surface area (Å²) in [6.45, 7) is 11.1. The third kappa shape index (κ3) is 3.75. The van der Waals surface area contributed by atoms with Gasteiger partial charge < -0.3 is 19.3 Å². The van der Waals surface area contributed by atoms with E-state index in [4.69, 9.17) is 9.47 Å². The Morgan fingerprint density at radius 1 is 1.13 bits per heavy atom. The molecular weight excluding hydrogens is 380 g/mol. The molecule has 30 heavy (non-hydrogen) atoms. The molecule has 3 fully saturated rings. The molecule has 7 nitrogen and oxygen atoms in total. The van der Waals surface area contributed by atoms with Crippen LogP contribution >= 0.6 is 0 Å². The van der Waals surface area contributed by atoms with Gasteiger partial charge in [0.2, 0.25) is 0 Å². The van der Waals surface area contributed by atoms with Gasteiger partial charge in [0, 0.05) is 43.6 Å². The van der Waals surface area contributed by atoms with E-state index in [0.29, 0.717) is 17.8 Å². The number of fused-ring (bicyclic) bond motifs is 2. The average molecular weight is 413 g/mol. The van der Waals surface area contributed by atoms with Crippen molar-refractivity contribution in [3.63, 3.8) is 0 Å². The number of carbonyl (C=O) groups is 1. The molecule has 0 bridgehead atoms. The molecule has 3 aliphatic rings. The van der Waals surface area contributed by atoms with Crippen LogP contribution in [0.15, 0.2) is 24.5 Å². The third-order valence-electron chi connectivity index (χ3n) is 6.72. The molecule has 2 aromatic rings. The number of nitrogens with zero attached hydrogens (tertiary/aromatic N) is 4. The summed E-state index contributed by atoms with van der Waals surface area (Å²) in [6.07, 6.45) is 5.86. The fourth-order valence-electron chi connectivity index (χ4n) is 5.09. The van der Waals surface area contributed by atoms with Gasteiger partial charge in [0.05, 0.1) is 36.8 Å². The first-order chi connectivity index (χ1) is 14.4. The third-order valence-corrected chi connectivity index (χ3v) is 6.72. The maximum Gasteiger partial charge on any atom is 0.410 e. The van der Waals surface area contributed by atoms with Crippen LogP contribution in [0.4, 0.5) is 10.5 Å². The van der Waals surface area contributed by atoms with Crippen LogP contribution in [-0.4, -0.2) is 65.6 Å². The van der Waals surface area contributed by atoms with Crippen molar-refractivity contribution in [2.24, 2.45) is 11.8 Å². The monoisotopic (exact) mass is 412 g/mol. The second-order valence-electron chi connectivity index (χ2n) is 10.0. The Hall–Kier alpha value is -2.28. The average Bonchev–Trinajstić information content (AvgIpc) is 3.40. The van der Waals surface area contributed by atoms with E-state index in [1.165, 1.54) is 16.8 Å². The molecule has 2 aromatic heterocycles. The van der Waals surface area contributed by atoms with Gasteiger partial charge in [-0.1, -0.05) is 0 Å². The lowest BCUT2D eigenvalue weighted by Crippen LogP contribution is -2.41. The maximum atomic E-state index is 12.3. The zero-order chi connectivity index (χ0) is 20.9. The van der Waals surface area contributed by atoms with Crippen molar-refractivity contribution in [1.29, 1.82) is 0 Å². The molecule has 0 aliphatic carbocycles. The van der Waals surface area contributed by atoms with Crippen LogP contribution in [0.25, 0.3) is 5.52 Å². The summed E-state index contributed by atoms with van der Waals surface area (Å²) in [5.74, 6) is 1.77. The minimum atomic E-state index is -0.449. The van der Waals surface area contributed by atoms with Crippen LogP contribution in [0.2, 0.25) is 0 Å². The number of anilines is 1. The molecule has 0 unspecified atom stereocenters. The summed E-state index contributed by atoms with van der Waals surface area (Å²) in [7, 11) is 0. The Morgan fingerprint density at radius 2 is 1.83 bits per heavy atom. The second kappa shape index (κ2) is 7.45. The SMILES string of the molecule is CC(C)(C)OC(=O)N1CCC(c2cnn3cc(N4C[C@H]5COC[C@H]5C4)ccc23)CC1. The number of carbonyl (C=O) groups excluding carboxylic acids is 1. The molecule has 162 valence electrons. The first-order valence-corrected chi connectivity index (χ1v) is 11.2. The fraction of sp³-hybridized carbons (Fsp3) is 0.652. The van der Waals surface area contributed by atoms with Crippen molar-refractivity contribution < 1.29 is 14.3 Å². The highest BCUT2D eigenvalue weighted by molar-refractivity contribution is 5.68. The number of hydrogen-bond acceptors (Lipinski definition) is 5. The number of hydrogen-bond donors (Lipinski definition) is 0. The number of pyridine rings is 1. The molecule has 0 saturated carbocycles. The Balaban J connectivity index is 1.26. The van der Waals surface area contributed by atoms with Crippen molar-refractivity contribution in [3.8, 4) is 0 Å². The summed E-state index contributed by atoms with van der Waals surface area (Å²) < 4.78 is 13.1. The molecule has 3 aliphatic heterocycles. The highest BCUT2D eigenvalue weighted by atomic mass is 16.6. The zero-order valence-electron chi connectivity index (χ0n) is 18.2. The second-order valence-corrected chi connectivity index (χ2v) is 10.0. The molecule has 5 rings (SSSR count). The van der Waals surface area contributed by atoms with E-state index in [9.17, 15) is 4.79 Å². The number of amides is 1. The van der Waals surface area contributed by atoms with Crippen LogP contribution in [0.3, 0.4) is 0 Å². The van der Waals surface area contributed by atoms with E-state index < -0.39 is 5.60 Å². The van der Waals surface area contributed by atoms with Gasteiger partial charge in [-0.2, -0.15) is 5.10 Å². The van der Waals surface area contributed by atoms with Crippen molar-refractivity contribution in [3.05, 3.63) is 30.1 Å². The lowest BCUT2D eigenvalue weighted by Gasteiger charge is -2.33. The quantitative estimate of drug-likeness (QED) is 0.755. The Bertz CT molecular complexity index is 914. The molecule has 0 N–H and O–H groups in total. The predicted molar refractivity (Wildman–Crippen MR) is 115 cm³/mol. The standard InChI is InChI=1S/C23H32N4O3/c1-23(2,3)30-22(28)25-8-6-16(7-9-25)20-10-24-27-13-19(4-5-21(20)27)26-11-17-14-29-15-18(17)12-26/h4-5,10,13,16-18H,6-9,11-12,14-15H2,1-3H3/t17-,18+. The van der Waals surface area contributed by atoms with Gasteiger partial charge in [0.15, 0.2) is 0 Å². The van der Waals surface area contributed by atoms with E-state index >= 15 is 0 Å². The molecule has 5 heterocycles. The molecule has 2 atom stereocenters. The fourth-order valence-corrected chi connectivity index (χ4v) is 5.09. The first-order valence-electron chi connectivity index (χ1n) is 11.2. The highest BCUT2D eigenvalue weighted by Gasteiger charge is 2.37. The Labute approximate surface area is 177 Å². The van der Waals surface area contributed by atoms with Crippen molar-refractivity contribution in [2.45, 2.75) is 45.1 Å². The Morgan fingerprint density at radius 3 is 2.50 bits per heavy atom. The molecule has 3 saturated heterocycles. The minimum absolute atomic E-state index is 0.203. The van der Waals surface area contributed by atoms with Crippen LogP contribution in [0.1, 0.15) is 45.1 Å².